The number of piperidine rings is 1. The molecule has 1 aromatic heterocycles. The number of amides is 1. The maximum Gasteiger partial charge on any atom is 0.253 e. The van der Waals surface area contributed by atoms with E-state index in [1.807, 2.05) is 47.4 Å². The fourth-order valence-electron chi connectivity index (χ4n) is 4.73. The number of thioether (sulfide) groups is 1. The van der Waals surface area contributed by atoms with Crippen LogP contribution in [0.25, 0.3) is 11.4 Å². The lowest BCUT2D eigenvalue weighted by Gasteiger charge is -2.26. The largest absolute Gasteiger partial charge is 0.497 e. The summed E-state index contributed by atoms with van der Waals surface area (Å²) in [5.74, 6) is 2.50. The molecule has 2 saturated heterocycles. The molecule has 0 saturated carbocycles. The fraction of sp³-hybridized carbons (Fsp3) is 0.444. The summed E-state index contributed by atoms with van der Waals surface area (Å²) in [7, 11) is 1.67. The van der Waals surface area contributed by atoms with Gasteiger partial charge in [-0.2, -0.15) is 0 Å². The molecule has 2 aromatic carbocycles. The Bertz CT molecular complexity index is 1140. The number of rotatable bonds is 8. The van der Waals surface area contributed by atoms with Crippen LogP contribution in [0.3, 0.4) is 0 Å². The number of methoxy groups -OCH3 is 1. The fourth-order valence-corrected chi connectivity index (χ4v) is 5.62. The normalized spacial score (nSPS) is 18.1. The number of hydrogen-bond acceptors (Lipinski definition) is 6. The van der Waals surface area contributed by atoms with Crippen LogP contribution in [0.2, 0.25) is 0 Å². The highest BCUT2D eigenvalue weighted by molar-refractivity contribution is 7.98. The van der Waals surface area contributed by atoms with E-state index in [4.69, 9.17) is 9.47 Å². The minimum absolute atomic E-state index is 0.139. The van der Waals surface area contributed by atoms with E-state index in [2.05, 4.69) is 20.8 Å². The molecule has 1 amide bonds. The van der Waals surface area contributed by atoms with Crippen molar-refractivity contribution in [1.29, 1.82) is 0 Å². The Balaban J connectivity index is 1.34. The molecule has 3 aromatic rings. The van der Waals surface area contributed by atoms with Gasteiger partial charge in [0, 0.05) is 36.6 Å². The van der Waals surface area contributed by atoms with Crippen LogP contribution in [0.5, 0.6) is 5.75 Å². The van der Waals surface area contributed by atoms with E-state index in [9.17, 15) is 4.79 Å². The monoisotopic (exact) mass is 492 g/mol. The van der Waals surface area contributed by atoms with Crippen molar-refractivity contribution in [1.82, 2.24) is 19.7 Å². The second-order valence-electron chi connectivity index (χ2n) is 9.12. The van der Waals surface area contributed by atoms with Crippen LogP contribution in [0.1, 0.15) is 48.0 Å². The molecule has 35 heavy (non-hydrogen) atoms. The van der Waals surface area contributed by atoms with Crippen LogP contribution < -0.4 is 4.74 Å². The van der Waals surface area contributed by atoms with Crippen molar-refractivity contribution in [3.05, 3.63) is 59.7 Å². The molecule has 1 atom stereocenters. The van der Waals surface area contributed by atoms with Gasteiger partial charge in [0.25, 0.3) is 5.91 Å². The van der Waals surface area contributed by atoms with Crippen molar-refractivity contribution < 1.29 is 14.3 Å². The molecule has 2 aliphatic rings. The summed E-state index contributed by atoms with van der Waals surface area (Å²) in [5.41, 5.74) is 2.87. The van der Waals surface area contributed by atoms with Gasteiger partial charge in [0.15, 0.2) is 11.0 Å². The molecule has 8 heteroatoms. The van der Waals surface area contributed by atoms with Crippen molar-refractivity contribution in [3.63, 3.8) is 0 Å². The molecule has 0 aliphatic carbocycles. The Kier molecular flexibility index (Phi) is 7.69. The molecule has 0 N–H and O–H groups in total. The molecule has 2 aliphatic heterocycles. The van der Waals surface area contributed by atoms with Crippen LogP contribution in [0.15, 0.2) is 53.7 Å². The third kappa shape index (κ3) is 5.70. The predicted molar refractivity (Wildman–Crippen MR) is 137 cm³/mol. The van der Waals surface area contributed by atoms with Crippen molar-refractivity contribution in [3.8, 4) is 17.1 Å². The number of aromatic nitrogens is 3. The van der Waals surface area contributed by atoms with E-state index in [-0.39, 0.29) is 12.0 Å². The minimum Gasteiger partial charge on any atom is -0.497 e. The van der Waals surface area contributed by atoms with Crippen LogP contribution in [-0.2, 0) is 17.0 Å². The van der Waals surface area contributed by atoms with E-state index in [0.717, 1.165) is 85.3 Å². The summed E-state index contributed by atoms with van der Waals surface area (Å²) in [6.07, 6.45) is 5.71. The minimum atomic E-state index is 0.139. The molecule has 184 valence electrons. The predicted octanol–water partition coefficient (Wildman–Crippen LogP) is 5.05. The molecular formula is C27H32N4O3S. The van der Waals surface area contributed by atoms with Crippen molar-refractivity contribution in [2.24, 2.45) is 0 Å². The second kappa shape index (κ2) is 11.3. The van der Waals surface area contributed by atoms with Crippen molar-refractivity contribution >= 4 is 17.7 Å². The first-order valence-electron chi connectivity index (χ1n) is 12.4. The molecule has 1 unspecified atom stereocenters. The Labute approximate surface area is 210 Å². The number of hydrogen-bond donors (Lipinski definition) is 0. The van der Waals surface area contributed by atoms with Crippen LogP contribution in [0, 0.1) is 0 Å². The highest BCUT2D eigenvalue weighted by atomic mass is 32.2. The zero-order valence-electron chi connectivity index (χ0n) is 20.2. The standard InChI is InChI=1S/C27H32N4O3S/c1-33-23-12-10-21(11-13-23)25-28-29-27(31(25)18-24-9-6-16-34-24)35-19-20-7-5-8-22(17-20)26(32)30-14-3-2-4-15-30/h5,7-8,10-13,17,24H,2-4,6,9,14-16,18-19H2,1H3. The molecular weight excluding hydrogens is 460 g/mol. The number of ether oxygens (including phenoxy) is 2. The van der Waals surface area contributed by atoms with Gasteiger partial charge in [-0.25, -0.2) is 0 Å². The van der Waals surface area contributed by atoms with Gasteiger partial charge in [-0.3, -0.25) is 9.36 Å². The van der Waals surface area contributed by atoms with Gasteiger partial charge >= 0.3 is 0 Å². The summed E-state index contributed by atoms with van der Waals surface area (Å²) in [6, 6.07) is 15.9. The maximum absolute atomic E-state index is 12.9. The SMILES string of the molecule is COc1ccc(-c2nnc(SCc3cccc(C(=O)N4CCCCC4)c3)n2CC2CCCO2)cc1. The molecule has 3 heterocycles. The number of nitrogens with zero attached hydrogens (tertiary/aromatic N) is 4. The average Bonchev–Trinajstić information content (AvgIpc) is 3.58. The summed E-state index contributed by atoms with van der Waals surface area (Å²) in [6.45, 7) is 3.26. The molecule has 0 spiro atoms. The lowest BCUT2D eigenvalue weighted by atomic mass is 10.1. The Hall–Kier alpha value is -2.84. The Morgan fingerprint density at radius 3 is 2.66 bits per heavy atom. The Morgan fingerprint density at radius 1 is 1.09 bits per heavy atom. The number of likely N-dealkylation sites (tertiary alicyclic amines) is 1. The number of carbonyl (C=O) groups is 1. The molecule has 7 nitrogen and oxygen atoms in total. The molecule has 2 fully saturated rings. The zero-order valence-corrected chi connectivity index (χ0v) is 21.0. The lowest BCUT2D eigenvalue weighted by molar-refractivity contribution is 0.0724. The maximum atomic E-state index is 12.9. The van der Waals surface area contributed by atoms with Gasteiger partial charge in [0.05, 0.1) is 19.8 Å². The van der Waals surface area contributed by atoms with Crippen LogP contribution in [0.4, 0.5) is 0 Å². The summed E-state index contributed by atoms with van der Waals surface area (Å²) in [5, 5.41) is 9.94. The van der Waals surface area contributed by atoms with E-state index in [0.29, 0.717) is 5.75 Å². The molecule has 0 bridgehead atoms. The van der Waals surface area contributed by atoms with Gasteiger partial charge in [0.2, 0.25) is 0 Å². The zero-order chi connectivity index (χ0) is 24.0. The van der Waals surface area contributed by atoms with Gasteiger partial charge in [-0.05, 0) is 74.1 Å². The summed E-state index contributed by atoms with van der Waals surface area (Å²) < 4.78 is 13.4. The van der Waals surface area contributed by atoms with Crippen molar-refractivity contribution in [2.75, 3.05) is 26.8 Å². The lowest BCUT2D eigenvalue weighted by Crippen LogP contribution is -2.35. The summed E-state index contributed by atoms with van der Waals surface area (Å²) >= 11 is 1.65. The highest BCUT2D eigenvalue weighted by Crippen LogP contribution is 2.29. The first kappa shape index (κ1) is 23.9. The van der Waals surface area contributed by atoms with E-state index < -0.39 is 0 Å². The third-order valence-corrected chi connectivity index (χ3v) is 7.70. The van der Waals surface area contributed by atoms with E-state index in [1.54, 1.807) is 18.9 Å². The number of benzene rings is 2. The molecule has 0 radical (unpaired) electrons. The van der Waals surface area contributed by atoms with Crippen LogP contribution >= 0.6 is 11.8 Å². The second-order valence-corrected chi connectivity index (χ2v) is 10.1. The van der Waals surface area contributed by atoms with Gasteiger partial charge < -0.3 is 14.4 Å². The van der Waals surface area contributed by atoms with Crippen LogP contribution in [-0.4, -0.2) is 58.5 Å². The quantitative estimate of drug-likeness (QED) is 0.410. The van der Waals surface area contributed by atoms with Gasteiger partial charge in [-0.15, -0.1) is 10.2 Å². The third-order valence-electron chi connectivity index (χ3n) is 6.66. The average molecular weight is 493 g/mol. The van der Waals surface area contributed by atoms with Crippen molar-refractivity contribution in [2.45, 2.75) is 55.7 Å². The highest BCUT2D eigenvalue weighted by Gasteiger charge is 2.22. The smallest absolute Gasteiger partial charge is 0.253 e. The first-order valence-corrected chi connectivity index (χ1v) is 13.4. The Morgan fingerprint density at radius 2 is 1.91 bits per heavy atom. The molecule has 5 rings (SSSR count). The van der Waals surface area contributed by atoms with E-state index >= 15 is 0 Å². The topological polar surface area (TPSA) is 69.5 Å². The first-order chi connectivity index (χ1) is 17.2. The van der Waals surface area contributed by atoms with Gasteiger partial charge in [0.1, 0.15) is 5.75 Å². The number of carbonyl (C=O) groups excluding carboxylic acids is 1. The van der Waals surface area contributed by atoms with E-state index in [1.165, 1.54) is 6.42 Å². The summed E-state index contributed by atoms with van der Waals surface area (Å²) in [4.78, 5) is 14.9. The van der Waals surface area contributed by atoms with Gasteiger partial charge in [-0.1, -0.05) is 23.9 Å².